The summed E-state index contributed by atoms with van der Waals surface area (Å²) in [6.07, 6.45) is -1.22. The second-order valence-electron chi connectivity index (χ2n) is 13.2. The minimum Gasteiger partial charge on any atom is -0.487 e. The van der Waals surface area contributed by atoms with Crippen molar-refractivity contribution in [3.8, 4) is 5.75 Å². The van der Waals surface area contributed by atoms with Gasteiger partial charge in [-0.25, -0.2) is 17.9 Å². The number of rotatable bonds is 8. The highest BCUT2D eigenvalue weighted by atomic mass is 35.5. The number of aryl methyl sites for hydroxylation is 1. The van der Waals surface area contributed by atoms with Crippen LogP contribution < -0.4 is 4.74 Å². The second kappa shape index (κ2) is 11.8. The third kappa shape index (κ3) is 5.65. The van der Waals surface area contributed by atoms with Gasteiger partial charge in [0.1, 0.15) is 29.9 Å². The van der Waals surface area contributed by atoms with E-state index in [1.54, 1.807) is 28.9 Å². The molecule has 45 heavy (non-hydrogen) atoms. The van der Waals surface area contributed by atoms with E-state index in [9.17, 15) is 27.6 Å². The Balaban J connectivity index is 1.39. The van der Waals surface area contributed by atoms with Crippen molar-refractivity contribution in [1.82, 2.24) is 24.8 Å². The molecule has 1 aromatic carbocycles. The number of fused-ring (bicyclic) bond motifs is 1. The van der Waals surface area contributed by atoms with Gasteiger partial charge in [0.15, 0.2) is 0 Å². The number of amides is 2. The Bertz CT molecular complexity index is 1520. The maximum atomic E-state index is 14.9. The molecule has 2 amide bonds. The summed E-state index contributed by atoms with van der Waals surface area (Å²) in [6, 6.07) is 2.52. The van der Waals surface area contributed by atoms with E-state index >= 15 is 0 Å². The molecule has 1 aromatic heterocycles. The Labute approximate surface area is 264 Å². The molecule has 4 atom stereocenters. The van der Waals surface area contributed by atoms with Crippen LogP contribution in [-0.2, 0) is 39.2 Å². The highest BCUT2D eigenvalue weighted by Crippen LogP contribution is 2.54. The topological polar surface area (TPSA) is 107 Å². The lowest BCUT2D eigenvalue weighted by molar-refractivity contribution is -0.167. The molecule has 3 fully saturated rings. The lowest BCUT2D eigenvalue weighted by Crippen LogP contribution is -2.54. The first kappa shape index (κ1) is 31.6. The standard InChI is InChI=1S/C31H37ClF3N5O5/c1-30(29(43)44-3)8-6-17(33)12-19(30)28(42)40-11-7-18-20(32)4-5-23(45-15-21-26(27(34)35)38(2)37-36-21)25(18)22(40)14-39-16-31(9-10-31)13-24(39)41/h4-5,17,19,22,27H,6-16H2,1-3H3/t17-,19-,22+,30-/m0/s1. The Kier molecular flexibility index (Phi) is 8.28. The second-order valence-corrected chi connectivity index (χ2v) is 13.6. The van der Waals surface area contributed by atoms with Gasteiger partial charge in [-0.3, -0.25) is 14.4 Å². The van der Waals surface area contributed by atoms with Gasteiger partial charge in [-0.2, -0.15) is 0 Å². The Hall–Kier alpha value is -3.35. The van der Waals surface area contributed by atoms with Crippen molar-refractivity contribution in [2.75, 3.05) is 26.7 Å². The summed E-state index contributed by atoms with van der Waals surface area (Å²) in [5.74, 6) is -1.68. The summed E-state index contributed by atoms with van der Waals surface area (Å²) in [5.41, 5.74) is -0.404. The fourth-order valence-electron chi connectivity index (χ4n) is 7.47. The monoisotopic (exact) mass is 651 g/mol. The van der Waals surface area contributed by atoms with Crippen LogP contribution in [0.2, 0.25) is 5.02 Å². The smallest absolute Gasteiger partial charge is 0.312 e. The predicted octanol–water partition coefficient (Wildman–Crippen LogP) is 4.74. The van der Waals surface area contributed by atoms with Gasteiger partial charge in [-0.05, 0) is 68.6 Å². The molecule has 14 heteroatoms. The van der Waals surface area contributed by atoms with Crippen LogP contribution in [-0.4, -0.2) is 75.5 Å². The number of likely N-dealkylation sites (tertiary alicyclic amines) is 1. The summed E-state index contributed by atoms with van der Waals surface area (Å²) in [7, 11) is 2.63. The Morgan fingerprint density at radius 3 is 2.64 bits per heavy atom. The molecule has 4 aliphatic rings. The van der Waals surface area contributed by atoms with Crippen molar-refractivity contribution in [2.24, 2.45) is 23.8 Å². The van der Waals surface area contributed by atoms with Crippen LogP contribution >= 0.6 is 11.6 Å². The number of halogens is 4. The van der Waals surface area contributed by atoms with Crippen molar-refractivity contribution >= 4 is 29.4 Å². The van der Waals surface area contributed by atoms with Crippen molar-refractivity contribution in [3.05, 3.63) is 39.7 Å². The van der Waals surface area contributed by atoms with Gasteiger partial charge < -0.3 is 19.3 Å². The molecule has 244 valence electrons. The molecule has 0 N–H and O–H groups in total. The molecule has 0 unspecified atom stereocenters. The average Bonchev–Trinajstić information content (AvgIpc) is 3.54. The molecular weight excluding hydrogens is 615 g/mol. The van der Waals surface area contributed by atoms with Crippen LogP contribution in [0, 0.1) is 16.7 Å². The van der Waals surface area contributed by atoms with Crippen LogP contribution in [0.25, 0.3) is 0 Å². The number of benzene rings is 1. The number of methoxy groups -OCH3 is 1. The van der Waals surface area contributed by atoms with E-state index in [4.69, 9.17) is 21.1 Å². The molecule has 10 nitrogen and oxygen atoms in total. The summed E-state index contributed by atoms with van der Waals surface area (Å²) in [5, 5.41) is 8.00. The van der Waals surface area contributed by atoms with Gasteiger partial charge in [0.2, 0.25) is 11.8 Å². The number of esters is 1. The van der Waals surface area contributed by atoms with Gasteiger partial charge in [-0.1, -0.05) is 16.8 Å². The molecular formula is C31H37ClF3N5O5. The van der Waals surface area contributed by atoms with Gasteiger partial charge in [0.25, 0.3) is 6.43 Å². The number of carbonyl (C=O) groups excluding carboxylic acids is 3. The molecule has 1 saturated heterocycles. The molecule has 2 aliphatic heterocycles. The molecule has 0 radical (unpaired) electrons. The molecule has 2 aliphatic carbocycles. The minimum atomic E-state index is -2.82. The fraction of sp³-hybridized carbons (Fsp3) is 0.645. The predicted molar refractivity (Wildman–Crippen MR) is 155 cm³/mol. The van der Waals surface area contributed by atoms with Gasteiger partial charge in [-0.15, -0.1) is 5.10 Å². The number of ether oxygens (including phenoxy) is 2. The largest absolute Gasteiger partial charge is 0.487 e. The molecule has 6 rings (SSSR count). The normalized spacial score (nSPS) is 27.2. The summed E-state index contributed by atoms with van der Waals surface area (Å²) in [4.78, 5) is 44.1. The first-order chi connectivity index (χ1) is 21.4. The lowest BCUT2D eigenvalue weighted by atomic mass is 9.66. The van der Waals surface area contributed by atoms with Gasteiger partial charge in [0, 0.05) is 43.7 Å². The maximum Gasteiger partial charge on any atom is 0.312 e. The maximum absolute atomic E-state index is 14.9. The summed E-state index contributed by atoms with van der Waals surface area (Å²) in [6.45, 7) is 2.25. The highest BCUT2D eigenvalue weighted by Gasteiger charge is 2.55. The Morgan fingerprint density at radius 2 is 1.98 bits per heavy atom. The number of carbonyl (C=O) groups is 3. The Morgan fingerprint density at radius 1 is 1.22 bits per heavy atom. The zero-order valence-electron chi connectivity index (χ0n) is 25.5. The van der Waals surface area contributed by atoms with E-state index in [2.05, 4.69) is 10.3 Å². The minimum absolute atomic E-state index is 0.0152. The van der Waals surface area contributed by atoms with Crippen LogP contribution in [0.5, 0.6) is 5.75 Å². The quantitative estimate of drug-likeness (QED) is 0.380. The summed E-state index contributed by atoms with van der Waals surface area (Å²) < 4.78 is 54.6. The van der Waals surface area contributed by atoms with Gasteiger partial charge >= 0.3 is 5.97 Å². The molecule has 2 aromatic rings. The molecule has 3 heterocycles. The number of hydrogen-bond acceptors (Lipinski definition) is 7. The van der Waals surface area contributed by atoms with Crippen molar-refractivity contribution in [2.45, 2.75) is 77.1 Å². The van der Waals surface area contributed by atoms with E-state index in [-0.39, 0.29) is 61.7 Å². The average molecular weight is 652 g/mol. The van der Waals surface area contributed by atoms with E-state index in [1.165, 1.54) is 14.2 Å². The third-order valence-corrected chi connectivity index (χ3v) is 10.7. The fourth-order valence-corrected chi connectivity index (χ4v) is 7.73. The number of hydrogen-bond donors (Lipinski definition) is 0. The van der Waals surface area contributed by atoms with Crippen LogP contribution in [0.3, 0.4) is 0 Å². The number of nitrogens with zero attached hydrogens (tertiary/aromatic N) is 5. The first-order valence-electron chi connectivity index (χ1n) is 15.3. The molecule has 1 spiro atoms. The van der Waals surface area contributed by atoms with E-state index in [0.717, 1.165) is 17.5 Å². The zero-order valence-corrected chi connectivity index (χ0v) is 26.3. The van der Waals surface area contributed by atoms with Crippen molar-refractivity contribution in [3.63, 3.8) is 0 Å². The van der Waals surface area contributed by atoms with Crippen LogP contribution in [0.4, 0.5) is 13.2 Å². The SMILES string of the molecule is COC(=O)[C@@]1(C)CC[C@H](F)C[C@H]1C(=O)N1CCc2c(Cl)ccc(OCc3nnn(C)c3C(F)F)c2[C@H]1CN1CC2(CC2)CC1=O. The molecule has 2 saturated carbocycles. The van der Waals surface area contributed by atoms with E-state index in [1.807, 2.05) is 0 Å². The third-order valence-electron chi connectivity index (χ3n) is 10.3. The zero-order chi connectivity index (χ0) is 32.3. The van der Waals surface area contributed by atoms with E-state index in [0.29, 0.717) is 41.3 Å². The number of aromatic nitrogens is 3. The van der Waals surface area contributed by atoms with Gasteiger partial charge in [0.05, 0.1) is 24.5 Å². The van der Waals surface area contributed by atoms with Crippen molar-refractivity contribution in [1.29, 1.82) is 0 Å². The van der Waals surface area contributed by atoms with Crippen LogP contribution in [0.15, 0.2) is 12.1 Å². The highest BCUT2D eigenvalue weighted by molar-refractivity contribution is 6.31. The lowest BCUT2D eigenvalue weighted by Gasteiger charge is -2.46. The number of alkyl halides is 3. The van der Waals surface area contributed by atoms with Crippen molar-refractivity contribution < 1.29 is 37.0 Å². The van der Waals surface area contributed by atoms with Crippen LogP contribution in [0.1, 0.15) is 80.4 Å². The first-order valence-corrected chi connectivity index (χ1v) is 15.7. The summed E-state index contributed by atoms with van der Waals surface area (Å²) >= 11 is 6.69. The van der Waals surface area contributed by atoms with E-state index < -0.39 is 41.8 Å². The molecule has 0 bridgehead atoms.